The molecule has 3 nitrogen and oxygen atoms in total. The van der Waals surface area contributed by atoms with Gasteiger partial charge in [-0.2, -0.15) is 5.10 Å². The molecule has 2 aliphatic carbocycles. The van der Waals surface area contributed by atoms with Crippen molar-refractivity contribution in [1.82, 2.24) is 15.1 Å². The lowest BCUT2D eigenvalue weighted by atomic mass is 10.0. The second-order valence-corrected chi connectivity index (χ2v) is 6.28. The maximum absolute atomic E-state index is 6.31. The molecule has 0 atom stereocenters. The highest BCUT2D eigenvalue weighted by atomic mass is 35.5. The lowest BCUT2D eigenvalue weighted by Gasteiger charge is -2.15. The summed E-state index contributed by atoms with van der Waals surface area (Å²) in [4.78, 5) is 0. The molecular formula is C14H22ClN3. The summed E-state index contributed by atoms with van der Waals surface area (Å²) in [6.45, 7) is 6.98. The van der Waals surface area contributed by atoms with E-state index in [1.54, 1.807) is 0 Å². The van der Waals surface area contributed by atoms with Crippen LogP contribution in [0.1, 0.15) is 44.0 Å². The summed E-state index contributed by atoms with van der Waals surface area (Å²) in [6, 6.07) is 0. The van der Waals surface area contributed by atoms with Crippen molar-refractivity contribution in [2.75, 3.05) is 6.54 Å². The molecule has 0 amide bonds. The van der Waals surface area contributed by atoms with Crippen molar-refractivity contribution in [3.63, 3.8) is 0 Å². The number of nitrogens with zero attached hydrogens (tertiary/aromatic N) is 2. The number of rotatable bonds is 6. The van der Waals surface area contributed by atoms with Crippen LogP contribution in [0, 0.1) is 18.3 Å². The van der Waals surface area contributed by atoms with Gasteiger partial charge in [0.15, 0.2) is 0 Å². The Hall–Kier alpha value is -0.540. The fraction of sp³-hybridized carbons (Fsp3) is 0.786. The third-order valence-corrected chi connectivity index (χ3v) is 5.05. The summed E-state index contributed by atoms with van der Waals surface area (Å²) < 4.78 is 2.02. The maximum Gasteiger partial charge on any atom is 0.0860 e. The topological polar surface area (TPSA) is 29.9 Å². The molecule has 100 valence electrons. The monoisotopic (exact) mass is 267 g/mol. The van der Waals surface area contributed by atoms with Crippen LogP contribution in [0.2, 0.25) is 5.02 Å². The van der Waals surface area contributed by atoms with Crippen molar-refractivity contribution in [2.45, 2.75) is 52.6 Å². The first-order valence-corrected chi connectivity index (χ1v) is 7.46. The molecule has 1 N–H and O–H groups in total. The van der Waals surface area contributed by atoms with Crippen LogP contribution in [-0.2, 0) is 13.1 Å². The predicted molar refractivity (Wildman–Crippen MR) is 73.7 cm³/mol. The molecule has 1 aromatic rings. The van der Waals surface area contributed by atoms with Crippen LogP contribution >= 0.6 is 11.6 Å². The highest BCUT2D eigenvalue weighted by Crippen LogP contribution is 2.60. The zero-order valence-electron chi connectivity index (χ0n) is 11.3. The first kappa shape index (κ1) is 12.5. The van der Waals surface area contributed by atoms with E-state index in [1.807, 2.05) is 11.6 Å². The summed E-state index contributed by atoms with van der Waals surface area (Å²) in [7, 11) is 0. The predicted octanol–water partition coefficient (Wildman–Crippen LogP) is 3.14. The zero-order chi connectivity index (χ0) is 12.8. The van der Waals surface area contributed by atoms with Crippen molar-refractivity contribution in [2.24, 2.45) is 11.3 Å². The van der Waals surface area contributed by atoms with Gasteiger partial charge in [0, 0.05) is 19.6 Å². The normalized spacial score (nSPS) is 21.3. The third kappa shape index (κ3) is 2.19. The summed E-state index contributed by atoms with van der Waals surface area (Å²) in [6.07, 6.45) is 5.75. The van der Waals surface area contributed by atoms with E-state index >= 15 is 0 Å². The largest absolute Gasteiger partial charge is 0.311 e. The van der Waals surface area contributed by atoms with Crippen LogP contribution < -0.4 is 5.32 Å². The molecule has 18 heavy (non-hydrogen) atoms. The van der Waals surface area contributed by atoms with Crippen LogP contribution in [0.4, 0.5) is 0 Å². The number of aryl methyl sites for hydroxylation is 2. The molecule has 0 saturated heterocycles. The van der Waals surface area contributed by atoms with Crippen LogP contribution in [0.25, 0.3) is 0 Å². The number of aromatic nitrogens is 2. The molecule has 2 saturated carbocycles. The van der Waals surface area contributed by atoms with Gasteiger partial charge >= 0.3 is 0 Å². The van der Waals surface area contributed by atoms with E-state index in [0.717, 1.165) is 42.0 Å². The number of hydrogen-bond donors (Lipinski definition) is 1. The van der Waals surface area contributed by atoms with E-state index in [4.69, 9.17) is 11.6 Å². The van der Waals surface area contributed by atoms with Crippen molar-refractivity contribution in [3.05, 3.63) is 16.4 Å². The third-order valence-electron chi connectivity index (χ3n) is 4.56. The van der Waals surface area contributed by atoms with E-state index in [2.05, 4.69) is 17.3 Å². The van der Waals surface area contributed by atoms with Gasteiger partial charge in [-0.3, -0.25) is 4.68 Å². The lowest BCUT2D eigenvalue weighted by Crippen LogP contribution is -2.26. The summed E-state index contributed by atoms with van der Waals surface area (Å²) >= 11 is 6.31. The Labute approximate surface area is 114 Å². The highest BCUT2D eigenvalue weighted by molar-refractivity contribution is 6.31. The molecule has 3 rings (SSSR count). The average Bonchev–Trinajstić information content (AvgIpc) is 3.23. The second-order valence-electron chi connectivity index (χ2n) is 5.90. The SMILES string of the molecule is CCn1nc(C)c(Cl)c1CNCC1(C2CC2)CC1. The molecule has 0 unspecified atom stereocenters. The van der Waals surface area contributed by atoms with Gasteiger partial charge in [0.05, 0.1) is 16.4 Å². The fourth-order valence-electron chi connectivity index (χ4n) is 3.05. The number of nitrogens with one attached hydrogen (secondary N) is 1. The smallest absolute Gasteiger partial charge is 0.0860 e. The van der Waals surface area contributed by atoms with Gasteiger partial charge in [0.25, 0.3) is 0 Å². The molecule has 0 aromatic carbocycles. The zero-order valence-corrected chi connectivity index (χ0v) is 12.1. The van der Waals surface area contributed by atoms with E-state index in [0.29, 0.717) is 5.41 Å². The molecule has 0 aliphatic heterocycles. The molecule has 0 spiro atoms. The van der Waals surface area contributed by atoms with Crippen LogP contribution in [0.5, 0.6) is 0 Å². The molecular weight excluding hydrogens is 246 g/mol. The van der Waals surface area contributed by atoms with Gasteiger partial charge in [0.2, 0.25) is 0 Å². The standard InChI is InChI=1S/C14H22ClN3/c1-3-18-12(13(15)10(2)17-18)8-16-9-14(6-7-14)11-4-5-11/h11,16H,3-9H2,1-2H3. The van der Waals surface area contributed by atoms with Crippen LogP contribution in [0.3, 0.4) is 0 Å². The first-order chi connectivity index (χ1) is 8.66. The van der Waals surface area contributed by atoms with Crippen molar-refractivity contribution in [1.29, 1.82) is 0 Å². The summed E-state index contributed by atoms with van der Waals surface area (Å²) in [5, 5.41) is 8.89. The fourth-order valence-corrected chi connectivity index (χ4v) is 3.26. The van der Waals surface area contributed by atoms with E-state index < -0.39 is 0 Å². The summed E-state index contributed by atoms with van der Waals surface area (Å²) in [5.74, 6) is 1.01. The molecule has 1 aromatic heterocycles. The minimum absolute atomic E-state index is 0.651. The highest BCUT2D eigenvalue weighted by Gasteiger charge is 2.53. The molecule has 0 radical (unpaired) electrons. The van der Waals surface area contributed by atoms with Crippen molar-refractivity contribution in [3.8, 4) is 0 Å². The molecule has 0 bridgehead atoms. The van der Waals surface area contributed by atoms with Crippen molar-refractivity contribution >= 4 is 11.6 Å². The quantitative estimate of drug-likeness (QED) is 0.858. The Morgan fingerprint density at radius 3 is 2.72 bits per heavy atom. The van der Waals surface area contributed by atoms with Gasteiger partial charge in [-0.05, 0) is 50.9 Å². The van der Waals surface area contributed by atoms with Gasteiger partial charge in [0.1, 0.15) is 0 Å². The van der Waals surface area contributed by atoms with Crippen molar-refractivity contribution < 1.29 is 0 Å². The first-order valence-electron chi connectivity index (χ1n) is 7.09. The Morgan fingerprint density at radius 1 is 1.44 bits per heavy atom. The Morgan fingerprint density at radius 2 is 2.17 bits per heavy atom. The van der Waals surface area contributed by atoms with E-state index in [1.165, 1.54) is 25.7 Å². The van der Waals surface area contributed by atoms with Gasteiger partial charge in [-0.1, -0.05) is 11.6 Å². The average molecular weight is 268 g/mol. The molecule has 2 fully saturated rings. The van der Waals surface area contributed by atoms with E-state index in [-0.39, 0.29) is 0 Å². The van der Waals surface area contributed by atoms with Gasteiger partial charge in [-0.15, -0.1) is 0 Å². The van der Waals surface area contributed by atoms with Crippen LogP contribution in [0.15, 0.2) is 0 Å². The summed E-state index contributed by atoms with van der Waals surface area (Å²) in [5.41, 5.74) is 2.74. The van der Waals surface area contributed by atoms with Crippen LogP contribution in [-0.4, -0.2) is 16.3 Å². The number of hydrogen-bond acceptors (Lipinski definition) is 2. The second kappa shape index (κ2) is 4.53. The molecule has 4 heteroatoms. The van der Waals surface area contributed by atoms with Gasteiger partial charge in [-0.25, -0.2) is 0 Å². The lowest BCUT2D eigenvalue weighted by molar-refractivity contribution is 0.399. The van der Waals surface area contributed by atoms with E-state index in [9.17, 15) is 0 Å². The Balaban J connectivity index is 1.59. The number of halogens is 1. The minimum Gasteiger partial charge on any atom is -0.311 e. The Bertz CT molecular complexity index is 444. The van der Waals surface area contributed by atoms with Gasteiger partial charge < -0.3 is 5.32 Å². The molecule has 2 aliphatic rings. The Kier molecular flexibility index (Phi) is 3.15. The maximum atomic E-state index is 6.31. The minimum atomic E-state index is 0.651. The molecule has 1 heterocycles.